The van der Waals surface area contributed by atoms with Crippen LogP contribution >= 0.6 is 11.3 Å². The Morgan fingerprint density at radius 2 is 1.96 bits per heavy atom. The molecule has 1 amide bonds. The predicted octanol–water partition coefficient (Wildman–Crippen LogP) is 3.19. The number of rotatable bonds is 7. The van der Waals surface area contributed by atoms with Crippen molar-refractivity contribution in [3.05, 3.63) is 46.7 Å². The zero-order valence-corrected chi connectivity index (χ0v) is 14.4. The van der Waals surface area contributed by atoms with Gasteiger partial charge >= 0.3 is 6.36 Å². The van der Waals surface area contributed by atoms with E-state index >= 15 is 0 Å². The molecule has 1 heterocycles. The van der Waals surface area contributed by atoms with Gasteiger partial charge in [-0.2, -0.15) is 0 Å². The zero-order chi connectivity index (χ0) is 19.0. The minimum absolute atomic E-state index is 0.124. The van der Waals surface area contributed by atoms with Crippen molar-refractivity contribution in [3.63, 3.8) is 0 Å². The van der Waals surface area contributed by atoms with Crippen LogP contribution < -0.4 is 21.1 Å². The van der Waals surface area contributed by atoms with Gasteiger partial charge in [0.25, 0.3) is 5.91 Å². The van der Waals surface area contributed by atoms with E-state index < -0.39 is 6.36 Å². The topological polar surface area (TPSA) is 88.7 Å². The van der Waals surface area contributed by atoms with Crippen LogP contribution in [0.15, 0.2) is 46.8 Å². The summed E-state index contributed by atoms with van der Waals surface area (Å²) in [5.41, 5.74) is 6.19. The lowest BCUT2D eigenvalue weighted by molar-refractivity contribution is -0.274. The SMILES string of the molecule is NC(=NCCCNC(=O)c1cccs1)Nc1ccc(OC(F)(F)F)cc1. The van der Waals surface area contributed by atoms with Gasteiger partial charge in [0.1, 0.15) is 5.75 Å². The van der Waals surface area contributed by atoms with Crippen LogP contribution in [0.25, 0.3) is 0 Å². The molecule has 26 heavy (non-hydrogen) atoms. The molecule has 0 unspecified atom stereocenters. The number of carbonyl (C=O) groups excluding carboxylic acids is 1. The van der Waals surface area contributed by atoms with Gasteiger partial charge in [0.15, 0.2) is 5.96 Å². The Labute approximate surface area is 151 Å². The maximum atomic E-state index is 12.1. The van der Waals surface area contributed by atoms with Gasteiger partial charge in [0.2, 0.25) is 0 Å². The normalized spacial score (nSPS) is 11.9. The molecule has 0 radical (unpaired) electrons. The Morgan fingerprint density at radius 3 is 2.58 bits per heavy atom. The molecule has 0 saturated heterocycles. The number of halogens is 3. The Kier molecular flexibility index (Phi) is 6.84. The summed E-state index contributed by atoms with van der Waals surface area (Å²) in [5.74, 6) is -0.324. The Balaban J connectivity index is 1.70. The minimum atomic E-state index is -4.73. The molecule has 0 aliphatic heterocycles. The Hall–Kier alpha value is -2.75. The number of hydrogen-bond donors (Lipinski definition) is 3. The van der Waals surface area contributed by atoms with Crippen molar-refractivity contribution < 1.29 is 22.7 Å². The van der Waals surface area contributed by atoms with E-state index in [4.69, 9.17) is 5.73 Å². The van der Waals surface area contributed by atoms with Crippen molar-refractivity contribution in [2.75, 3.05) is 18.4 Å². The number of hydrogen-bond acceptors (Lipinski definition) is 4. The van der Waals surface area contributed by atoms with Gasteiger partial charge in [-0.15, -0.1) is 24.5 Å². The molecule has 1 aromatic carbocycles. The van der Waals surface area contributed by atoms with E-state index in [-0.39, 0.29) is 17.6 Å². The molecule has 4 N–H and O–H groups in total. The summed E-state index contributed by atoms with van der Waals surface area (Å²) in [7, 11) is 0. The first-order valence-electron chi connectivity index (χ1n) is 7.58. The van der Waals surface area contributed by atoms with E-state index in [1.54, 1.807) is 12.1 Å². The third kappa shape index (κ3) is 7.01. The Morgan fingerprint density at radius 1 is 1.23 bits per heavy atom. The number of nitrogens with two attached hydrogens (primary N) is 1. The smallest absolute Gasteiger partial charge is 0.406 e. The van der Waals surface area contributed by atoms with Crippen molar-refractivity contribution in [3.8, 4) is 5.75 Å². The summed E-state index contributed by atoms with van der Waals surface area (Å²) >= 11 is 1.36. The monoisotopic (exact) mass is 386 g/mol. The van der Waals surface area contributed by atoms with Crippen molar-refractivity contribution in [2.45, 2.75) is 12.8 Å². The summed E-state index contributed by atoms with van der Waals surface area (Å²) in [6.45, 7) is 0.843. The van der Waals surface area contributed by atoms with Crippen molar-refractivity contribution in [1.82, 2.24) is 5.32 Å². The minimum Gasteiger partial charge on any atom is -0.406 e. The van der Waals surface area contributed by atoms with E-state index in [9.17, 15) is 18.0 Å². The van der Waals surface area contributed by atoms with Crippen molar-refractivity contribution >= 4 is 28.9 Å². The lowest BCUT2D eigenvalue weighted by Crippen LogP contribution is -2.25. The maximum Gasteiger partial charge on any atom is 0.573 e. The zero-order valence-electron chi connectivity index (χ0n) is 13.5. The van der Waals surface area contributed by atoms with E-state index in [2.05, 4.69) is 20.4 Å². The molecule has 0 atom stereocenters. The standard InChI is InChI=1S/C16H17F3N4O2S/c17-16(18,19)25-12-6-4-11(5-7-12)23-15(20)22-9-2-8-21-14(24)13-3-1-10-26-13/h1,3-7,10H,2,8-9H2,(H,21,24)(H3,20,22,23). The second-order valence-electron chi connectivity index (χ2n) is 5.05. The number of benzene rings is 1. The van der Waals surface area contributed by atoms with Gasteiger partial charge in [-0.05, 0) is 42.1 Å². The van der Waals surface area contributed by atoms with Crippen molar-refractivity contribution in [1.29, 1.82) is 0 Å². The number of ether oxygens (including phenoxy) is 1. The molecule has 10 heteroatoms. The van der Waals surface area contributed by atoms with E-state index in [0.717, 1.165) is 0 Å². The number of aliphatic imine (C=N–C) groups is 1. The largest absolute Gasteiger partial charge is 0.573 e. The van der Waals surface area contributed by atoms with Crippen LogP contribution in [0.5, 0.6) is 5.75 Å². The highest BCUT2D eigenvalue weighted by molar-refractivity contribution is 7.12. The molecular weight excluding hydrogens is 369 g/mol. The number of amides is 1. The molecular formula is C16H17F3N4O2S. The highest BCUT2D eigenvalue weighted by Gasteiger charge is 2.30. The summed E-state index contributed by atoms with van der Waals surface area (Å²) in [4.78, 5) is 16.4. The summed E-state index contributed by atoms with van der Waals surface area (Å²) < 4.78 is 40.0. The van der Waals surface area contributed by atoms with Crippen molar-refractivity contribution in [2.24, 2.45) is 10.7 Å². The maximum absolute atomic E-state index is 12.1. The number of thiophene rings is 1. The third-order valence-electron chi connectivity index (χ3n) is 3.01. The van der Waals surface area contributed by atoms with Crippen LogP contribution in [-0.2, 0) is 0 Å². The number of guanidine groups is 1. The quantitative estimate of drug-likeness (QED) is 0.387. The summed E-state index contributed by atoms with van der Waals surface area (Å²) in [5, 5.41) is 7.35. The fraction of sp³-hybridized carbons (Fsp3) is 0.250. The van der Waals surface area contributed by atoms with Gasteiger partial charge in [-0.25, -0.2) is 0 Å². The van der Waals surface area contributed by atoms with Crippen LogP contribution in [0.1, 0.15) is 16.1 Å². The molecule has 0 aliphatic carbocycles. The number of carbonyl (C=O) groups is 1. The predicted molar refractivity (Wildman–Crippen MR) is 94.5 cm³/mol. The average molecular weight is 386 g/mol. The molecule has 0 bridgehead atoms. The summed E-state index contributed by atoms with van der Waals surface area (Å²) in [6.07, 6.45) is -4.13. The lowest BCUT2D eigenvalue weighted by Gasteiger charge is -2.10. The molecule has 140 valence electrons. The first-order valence-corrected chi connectivity index (χ1v) is 8.46. The van der Waals surface area contributed by atoms with Crippen LogP contribution in [0, 0.1) is 0 Å². The van der Waals surface area contributed by atoms with Crippen LogP contribution in [0.3, 0.4) is 0 Å². The molecule has 6 nitrogen and oxygen atoms in total. The molecule has 0 saturated carbocycles. The fourth-order valence-electron chi connectivity index (χ4n) is 1.90. The Bertz CT molecular complexity index is 731. The van der Waals surface area contributed by atoms with Crippen LogP contribution in [-0.4, -0.2) is 31.3 Å². The van der Waals surface area contributed by atoms with Gasteiger partial charge in [0.05, 0.1) is 4.88 Å². The third-order valence-corrected chi connectivity index (χ3v) is 3.88. The van der Waals surface area contributed by atoms with Gasteiger partial charge < -0.3 is 21.1 Å². The molecule has 2 rings (SSSR count). The average Bonchev–Trinajstić information content (AvgIpc) is 3.09. The first-order chi connectivity index (χ1) is 12.3. The fourth-order valence-corrected chi connectivity index (χ4v) is 2.54. The van der Waals surface area contributed by atoms with Gasteiger partial charge in [0, 0.05) is 18.8 Å². The number of anilines is 1. The molecule has 0 aliphatic rings. The van der Waals surface area contributed by atoms with Crippen LogP contribution in [0.2, 0.25) is 0 Å². The van der Waals surface area contributed by atoms with E-state index in [0.29, 0.717) is 30.1 Å². The highest BCUT2D eigenvalue weighted by atomic mass is 32.1. The highest BCUT2D eigenvalue weighted by Crippen LogP contribution is 2.23. The van der Waals surface area contributed by atoms with Gasteiger partial charge in [-0.1, -0.05) is 6.07 Å². The molecule has 0 spiro atoms. The van der Waals surface area contributed by atoms with Crippen LogP contribution in [0.4, 0.5) is 18.9 Å². The number of nitrogens with zero attached hydrogens (tertiary/aromatic N) is 1. The summed E-state index contributed by atoms with van der Waals surface area (Å²) in [6, 6.07) is 8.67. The molecule has 2 aromatic rings. The molecule has 1 aromatic heterocycles. The number of alkyl halides is 3. The lowest BCUT2D eigenvalue weighted by atomic mass is 10.3. The second kappa shape index (κ2) is 9.09. The van der Waals surface area contributed by atoms with Gasteiger partial charge in [-0.3, -0.25) is 9.79 Å². The molecule has 0 fully saturated rings. The number of nitrogens with one attached hydrogen (secondary N) is 2. The first kappa shape index (κ1) is 19.6. The second-order valence-corrected chi connectivity index (χ2v) is 6.00. The van der Waals surface area contributed by atoms with E-state index in [1.165, 1.54) is 35.6 Å². The van der Waals surface area contributed by atoms with E-state index in [1.807, 2.05) is 5.38 Å².